The van der Waals surface area contributed by atoms with E-state index in [9.17, 15) is 8.42 Å². The fourth-order valence-electron chi connectivity index (χ4n) is 4.93. The van der Waals surface area contributed by atoms with Crippen LogP contribution in [-0.2, 0) is 34.5 Å². The molecule has 0 aliphatic carbocycles. The van der Waals surface area contributed by atoms with Crippen LogP contribution in [0.15, 0.2) is 42.5 Å². The molecule has 0 bridgehead atoms. The lowest BCUT2D eigenvalue weighted by molar-refractivity contribution is 0.132. The number of aryl methyl sites for hydroxylation is 2. The maximum atomic E-state index is 11.8. The van der Waals surface area contributed by atoms with Crippen LogP contribution in [-0.4, -0.2) is 60.0 Å². The first-order valence-electron chi connectivity index (χ1n) is 13.1. The van der Waals surface area contributed by atoms with E-state index in [1.54, 1.807) is 6.08 Å². The molecule has 1 aromatic heterocycles. The molecule has 11 heteroatoms. The van der Waals surface area contributed by atoms with Gasteiger partial charge in [-0.2, -0.15) is 14.6 Å². The van der Waals surface area contributed by atoms with E-state index in [0.29, 0.717) is 51.2 Å². The summed E-state index contributed by atoms with van der Waals surface area (Å²) in [7, 11) is -3.13. The van der Waals surface area contributed by atoms with Gasteiger partial charge in [0.2, 0.25) is 21.9 Å². The highest BCUT2D eigenvalue weighted by molar-refractivity contribution is 7.88. The number of rotatable bonds is 8. The summed E-state index contributed by atoms with van der Waals surface area (Å²) in [5.74, 6) is 1.60. The van der Waals surface area contributed by atoms with E-state index >= 15 is 0 Å². The summed E-state index contributed by atoms with van der Waals surface area (Å²) in [6.45, 7) is 7.92. The second-order valence-corrected chi connectivity index (χ2v) is 12.1. The molecule has 0 saturated carbocycles. The SMILES string of the molecule is Cc1cc(/C=C/C#N)cc(C)c1Oc1nc(Nc2ccc(CN3CCN(S(C)(=O)=O)CC3)cc2)nc2c1COC2. The van der Waals surface area contributed by atoms with Gasteiger partial charge in [0.25, 0.3) is 0 Å². The Morgan fingerprint density at radius 2 is 1.77 bits per heavy atom. The molecule has 3 heterocycles. The third-order valence-electron chi connectivity index (χ3n) is 6.99. The van der Waals surface area contributed by atoms with E-state index in [-0.39, 0.29) is 0 Å². The van der Waals surface area contributed by atoms with Gasteiger partial charge in [-0.05, 0) is 66.4 Å². The van der Waals surface area contributed by atoms with Gasteiger partial charge >= 0.3 is 0 Å². The summed E-state index contributed by atoms with van der Waals surface area (Å²) in [5.41, 5.74) is 6.42. The van der Waals surface area contributed by atoms with Crippen molar-refractivity contribution in [2.24, 2.45) is 0 Å². The fourth-order valence-corrected chi connectivity index (χ4v) is 5.76. The van der Waals surface area contributed by atoms with Crippen molar-refractivity contribution in [3.05, 3.63) is 76.0 Å². The molecular formula is C29H32N6O4S. The van der Waals surface area contributed by atoms with Crippen LogP contribution in [0.2, 0.25) is 0 Å². The lowest BCUT2D eigenvalue weighted by atomic mass is 10.1. The molecule has 5 rings (SSSR count). The van der Waals surface area contributed by atoms with Gasteiger partial charge in [0.15, 0.2) is 0 Å². The number of nitrogens with one attached hydrogen (secondary N) is 1. The Balaban J connectivity index is 1.29. The topological polar surface area (TPSA) is 121 Å². The molecule has 208 valence electrons. The normalized spacial score (nSPS) is 16.1. The van der Waals surface area contributed by atoms with Gasteiger partial charge < -0.3 is 14.8 Å². The lowest BCUT2D eigenvalue weighted by Crippen LogP contribution is -2.47. The summed E-state index contributed by atoms with van der Waals surface area (Å²) in [5, 5.41) is 12.1. The van der Waals surface area contributed by atoms with Crippen LogP contribution >= 0.6 is 0 Å². The van der Waals surface area contributed by atoms with Crippen LogP contribution in [0.25, 0.3) is 6.08 Å². The molecule has 0 amide bonds. The molecule has 0 spiro atoms. The minimum Gasteiger partial charge on any atom is -0.438 e. The standard InChI is InChI=1S/C29H32N6O4S/c1-20-15-23(5-4-10-30)16-21(2)27(20)39-28-25-18-38-19-26(25)32-29(33-28)31-24-8-6-22(7-9-24)17-34-11-13-35(14-12-34)40(3,36)37/h4-9,15-16H,11-14,17-19H2,1-3H3,(H,31,32,33)/b5-4+. The molecule has 2 aliphatic heterocycles. The zero-order chi connectivity index (χ0) is 28.3. The van der Waals surface area contributed by atoms with Crippen LogP contribution in [0.4, 0.5) is 11.6 Å². The number of benzene rings is 2. The zero-order valence-corrected chi connectivity index (χ0v) is 23.7. The number of fused-ring (bicyclic) bond motifs is 1. The molecule has 40 heavy (non-hydrogen) atoms. The number of anilines is 2. The van der Waals surface area contributed by atoms with Crippen LogP contribution in [0, 0.1) is 25.2 Å². The van der Waals surface area contributed by atoms with E-state index in [4.69, 9.17) is 14.7 Å². The van der Waals surface area contributed by atoms with E-state index in [1.165, 1.54) is 16.6 Å². The van der Waals surface area contributed by atoms with E-state index in [2.05, 4.69) is 20.2 Å². The van der Waals surface area contributed by atoms with Crippen molar-refractivity contribution in [2.75, 3.05) is 37.8 Å². The van der Waals surface area contributed by atoms with Crippen molar-refractivity contribution in [3.63, 3.8) is 0 Å². The number of aromatic nitrogens is 2. The molecule has 10 nitrogen and oxygen atoms in total. The number of sulfonamides is 1. The molecule has 1 fully saturated rings. The molecule has 1 N–H and O–H groups in total. The van der Waals surface area contributed by atoms with Crippen LogP contribution in [0.3, 0.4) is 0 Å². The average Bonchev–Trinajstić information content (AvgIpc) is 3.39. The van der Waals surface area contributed by atoms with Gasteiger partial charge in [-0.1, -0.05) is 12.1 Å². The minimum absolute atomic E-state index is 0.388. The third-order valence-corrected chi connectivity index (χ3v) is 8.29. The van der Waals surface area contributed by atoms with Gasteiger partial charge in [0.05, 0.1) is 36.8 Å². The van der Waals surface area contributed by atoms with Crippen molar-refractivity contribution >= 4 is 27.7 Å². The first-order chi connectivity index (χ1) is 19.2. The van der Waals surface area contributed by atoms with Crippen molar-refractivity contribution in [1.82, 2.24) is 19.2 Å². The predicted octanol–water partition coefficient (Wildman–Crippen LogP) is 4.27. The summed E-state index contributed by atoms with van der Waals surface area (Å²) in [6.07, 6.45) is 4.49. The summed E-state index contributed by atoms with van der Waals surface area (Å²) in [6, 6.07) is 14.0. The largest absolute Gasteiger partial charge is 0.438 e. The minimum atomic E-state index is -3.13. The molecule has 3 aromatic rings. The van der Waals surface area contributed by atoms with Crippen LogP contribution in [0.5, 0.6) is 11.6 Å². The molecule has 2 aromatic carbocycles. The molecule has 2 aliphatic rings. The fraction of sp³-hybridized carbons (Fsp3) is 0.345. The monoisotopic (exact) mass is 560 g/mol. The first-order valence-corrected chi connectivity index (χ1v) is 14.9. The average molecular weight is 561 g/mol. The van der Waals surface area contributed by atoms with Gasteiger partial charge in [-0.25, -0.2) is 13.4 Å². The van der Waals surface area contributed by atoms with E-state index in [0.717, 1.165) is 51.5 Å². The molecular weight excluding hydrogens is 528 g/mol. The van der Waals surface area contributed by atoms with Crippen LogP contribution in [0.1, 0.15) is 33.5 Å². The quantitative estimate of drug-likeness (QED) is 0.403. The maximum absolute atomic E-state index is 11.8. The molecule has 0 radical (unpaired) electrons. The Morgan fingerprint density at radius 1 is 1.07 bits per heavy atom. The second-order valence-electron chi connectivity index (χ2n) is 10.1. The first kappa shape index (κ1) is 27.7. The van der Waals surface area contributed by atoms with Gasteiger partial charge in [0.1, 0.15) is 5.75 Å². The smallest absolute Gasteiger partial charge is 0.230 e. The summed E-state index contributed by atoms with van der Waals surface area (Å²) in [4.78, 5) is 11.6. The van der Waals surface area contributed by atoms with Crippen molar-refractivity contribution < 1.29 is 17.9 Å². The number of allylic oxidation sites excluding steroid dienone is 1. The Labute approximate surface area is 234 Å². The summed E-state index contributed by atoms with van der Waals surface area (Å²) < 4.78 is 37.0. The number of hydrogen-bond donors (Lipinski definition) is 1. The molecule has 0 unspecified atom stereocenters. The highest BCUT2D eigenvalue weighted by Gasteiger charge is 2.24. The van der Waals surface area contributed by atoms with Crippen LogP contribution < -0.4 is 10.1 Å². The number of nitriles is 1. The molecule has 0 atom stereocenters. The Hall–Kier alpha value is -3.82. The van der Waals surface area contributed by atoms with Crippen molar-refractivity contribution in [3.8, 4) is 17.7 Å². The Kier molecular flexibility index (Phi) is 8.14. The van der Waals surface area contributed by atoms with Gasteiger partial charge in [-0.3, -0.25) is 4.90 Å². The zero-order valence-electron chi connectivity index (χ0n) is 22.8. The number of hydrogen-bond acceptors (Lipinski definition) is 9. The van der Waals surface area contributed by atoms with Crippen molar-refractivity contribution in [2.45, 2.75) is 33.6 Å². The predicted molar refractivity (Wildman–Crippen MR) is 153 cm³/mol. The summed E-state index contributed by atoms with van der Waals surface area (Å²) >= 11 is 0. The van der Waals surface area contributed by atoms with Gasteiger partial charge in [0, 0.05) is 44.5 Å². The second kappa shape index (κ2) is 11.7. The lowest BCUT2D eigenvalue weighted by Gasteiger charge is -2.33. The number of piperazine rings is 1. The van der Waals surface area contributed by atoms with E-state index < -0.39 is 10.0 Å². The van der Waals surface area contributed by atoms with Crippen molar-refractivity contribution in [1.29, 1.82) is 5.26 Å². The van der Waals surface area contributed by atoms with Gasteiger partial charge in [-0.15, -0.1) is 0 Å². The third kappa shape index (κ3) is 6.48. The Bertz CT molecular complexity index is 1550. The number of ether oxygens (including phenoxy) is 2. The van der Waals surface area contributed by atoms with E-state index in [1.807, 2.05) is 56.3 Å². The number of nitrogens with zero attached hydrogens (tertiary/aromatic N) is 5. The highest BCUT2D eigenvalue weighted by atomic mass is 32.2. The Morgan fingerprint density at radius 3 is 2.42 bits per heavy atom. The molecule has 1 saturated heterocycles. The highest BCUT2D eigenvalue weighted by Crippen LogP contribution is 2.35. The maximum Gasteiger partial charge on any atom is 0.230 e.